The Balaban J connectivity index is 1.11. The number of carbonyl (C=O) groups excluding carboxylic acids is 1. The minimum atomic E-state index is -0.797. The monoisotopic (exact) mass is 528 g/mol. The van der Waals surface area contributed by atoms with Crippen LogP contribution < -0.4 is 9.89 Å². The number of rotatable bonds is 6. The van der Waals surface area contributed by atoms with Gasteiger partial charge in [0, 0.05) is 56.0 Å². The predicted molar refractivity (Wildman–Crippen MR) is 151 cm³/mol. The van der Waals surface area contributed by atoms with E-state index in [0.717, 1.165) is 35.9 Å². The van der Waals surface area contributed by atoms with Gasteiger partial charge in [-0.1, -0.05) is 60.7 Å². The fraction of sp³-hybridized carbons (Fsp3) is 0.419. The third kappa shape index (κ3) is 5.55. The van der Waals surface area contributed by atoms with E-state index in [1.165, 1.54) is 11.1 Å². The fourth-order valence-electron chi connectivity index (χ4n) is 6.28. The summed E-state index contributed by atoms with van der Waals surface area (Å²) < 4.78 is 1.07. The van der Waals surface area contributed by atoms with E-state index in [1.807, 2.05) is 11.0 Å². The van der Waals surface area contributed by atoms with Crippen molar-refractivity contribution in [2.75, 3.05) is 39.4 Å². The minimum Gasteiger partial charge on any atom is -0.388 e. The van der Waals surface area contributed by atoms with Gasteiger partial charge in [-0.3, -0.25) is 14.7 Å². The summed E-state index contributed by atoms with van der Waals surface area (Å²) in [6, 6.07) is 23.2. The number of likely N-dealkylation sites (tertiary alicyclic amines) is 2. The van der Waals surface area contributed by atoms with Gasteiger partial charge in [0.1, 0.15) is 11.3 Å². The van der Waals surface area contributed by atoms with Crippen LogP contribution in [0, 0.1) is 5.92 Å². The van der Waals surface area contributed by atoms with E-state index in [2.05, 4.69) is 87.0 Å². The molecule has 0 unspecified atom stereocenters. The average molecular weight is 529 g/mol. The second-order valence-corrected chi connectivity index (χ2v) is 11.9. The topological polar surface area (TPSA) is 59.4 Å². The second-order valence-electron chi connectivity index (χ2n) is 11.0. The van der Waals surface area contributed by atoms with Crippen molar-refractivity contribution < 1.29 is 9.90 Å². The molecule has 2 aromatic carbocycles. The molecule has 6 rings (SSSR count). The molecule has 6 nitrogen and oxygen atoms in total. The average Bonchev–Trinajstić information content (AvgIpc) is 3.42. The van der Waals surface area contributed by atoms with Crippen molar-refractivity contribution in [2.45, 2.75) is 37.3 Å². The van der Waals surface area contributed by atoms with Crippen molar-refractivity contribution in [1.29, 1.82) is 0 Å². The number of piperidine rings is 2. The van der Waals surface area contributed by atoms with Crippen LogP contribution in [0.25, 0.3) is 6.20 Å². The largest absolute Gasteiger partial charge is 0.388 e. The number of benzene rings is 2. The molecule has 1 N–H and O–H groups in total. The first-order chi connectivity index (χ1) is 18.6. The summed E-state index contributed by atoms with van der Waals surface area (Å²) in [6.07, 6.45) is 4.17. The van der Waals surface area contributed by atoms with Gasteiger partial charge in [-0.15, -0.1) is 11.3 Å². The maximum Gasteiger partial charge on any atom is 0.226 e. The number of nitrogens with zero attached hydrogens (tertiary/aromatic N) is 4. The Bertz CT molecular complexity index is 1350. The zero-order valence-corrected chi connectivity index (χ0v) is 22.6. The molecule has 0 saturated carbocycles. The molecule has 4 heterocycles. The highest BCUT2D eigenvalue weighted by molar-refractivity contribution is 7.07. The lowest BCUT2D eigenvalue weighted by atomic mass is 9.79. The fourth-order valence-corrected chi connectivity index (χ4v) is 7.01. The van der Waals surface area contributed by atoms with Crippen LogP contribution in [-0.4, -0.2) is 70.7 Å². The standard InChI is InChI=1S/C31H36N4O2S/c36-30(35-16-13-31(37,14-17-35)22-34-20-26-12-18-38-29(26)32-23-34)27-11-15-33(19-24-7-3-1-4-8-24)21-28(27)25-9-5-2-6-10-25/h1-10,12,18,20,27-28,37H,11,13-17,19,21-23H2/t27-,28+/m1/s1. The Morgan fingerprint density at radius 1 is 1.00 bits per heavy atom. The van der Waals surface area contributed by atoms with E-state index in [1.54, 1.807) is 11.3 Å². The number of thiophene rings is 1. The van der Waals surface area contributed by atoms with Crippen molar-refractivity contribution >= 4 is 23.4 Å². The van der Waals surface area contributed by atoms with Gasteiger partial charge >= 0.3 is 0 Å². The summed E-state index contributed by atoms with van der Waals surface area (Å²) in [4.78, 5) is 25.2. The number of fused-ring (bicyclic) bond motifs is 1. The molecule has 0 spiro atoms. The molecule has 3 aliphatic heterocycles. The quantitative estimate of drug-likeness (QED) is 0.535. The number of carbonyl (C=O) groups is 1. The predicted octanol–water partition coefficient (Wildman–Crippen LogP) is 3.04. The van der Waals surface area contributed by atoms with Crippen LogP contribution in [0.3, 0.4) is 0 Å². The maximum atomic E-state index is 13.9. The van der Waals surface area contributed by atoms with Crippen LogP contribution in [-0.2, 0) is 11.3 Å². The first kappa shape index (κ1) is 25.3. The molecular formula is C31H36N4O2S. The first-order valence-electron chi connectivity index (χ1n) is 13.7. The summed E-state index contributed by atoms with van der Waals surface area (Å²) >= 11 is 1.65. The smallest absolute Gasteiger partial charge is 0.226 e. The molecule has 0 aliphatic carbocycles. The Hall–Kier alpha value is -3.00. The molecule has 1 amide bonds. The Kier molecular flexibility index (Phi) is 7.32. The van der Waals surface area contributed by atoms with Crippen LogP contribution in [0.2, 0.25) is 0 Å². The number of amides is 1. The van der Waals surface area contributed by atoms with Crippen molar-refractivity contribution in [3.8, 4) is 0 Å². The van der Waals surface area contributed by atoms with Gasteiger partial charge in [0.25, 0.3) is 0 Å². The van der Waals surface area contributed by atoms with Crippen molar-refractivity contribution in [2.24, 2.45) is 10.9 Å². The molecule has 3 aromatic rings. The third-order valence-electron chi connectivity index (χ3n) is 8.39. The van der Waals surface area contributed by atoms with Gasteiger partial charge in [0.2, 0.25) is 5.91 Å². The van der Waals surface area contributed by atoms with Crippen molar-refractivity contribution in [3.05, 3.63) is 93.1 Å². The van der Waals surface area contributed by atoms with Gasteiger partial charge in [-0.25, -0.2) is 0 Å². The Morgan fingerprint density at radius 3 is 2.50 bits per heavy atom. The van der Waals surface area contributed by atoms with Gasteiger partial charge in [-0.05, 0) is 48.4 Å². The molecule has 2 saturated heterocycles. The van der Waals surface area contributed by atoms with E-state index in [0.29, 0.717) is 39.1 Å². The van der Waals surface area contributed by atoms with Crippen LogP contribution >= 0.6 is 11.3 Å². The molecule has 38 heavy (non-hydrogen) atoms. The van der Waals surface area contributed by atoms with Crippen LogP contribution in [0.15, 0.2) is 77.1 Å². The van der Waals surface area contributed by atoms with Gasteiger partial charge < -0.3 is 14.9 Å². The molecule has 3 aliphatic rings. The van der Waals surface area contributed by atoms with E-state index >= 15 is 0 Å². The lowest BCUT2D eigenvalue weighted by Gasteiger charge is -2.44. The molecule has 7 heteroatoms. The van der Waals surface area contributed by atoms with E-state index in [9.17, 15) is 9.90 Å². The lowest BCUT2D eigenvalue weighted by Crippen LogP contribution is -2.54. The molecular weight excluding hydrogens is 492 g/mol. The van der Waals surface area contributed by atoms with Crippen LogP contribution in [0.5, 0.6) is 0 Å². The molecule has 198 valence electrons. The summed E-state index contributed by atoms with van der Waals surface area (Å²) in [5.41, 5.74) is 1.76. The van der Waals surface area contributed by atoms with Crippen molar-refractivity contribution in [1.82, 2.24) is 14.7 Å². The van der Waals surface area contributed by atoms with E-state index in [-0.39, 0.29) is 17.7 Å². The molecule has 2 fully saturated rings. The van der Waals surface area contributed by atoms with Gasteiger partial charge in [0.15, 0.2) is 0 Å². The maximum absolute atomic E-state index is 13.9. The van der Waals surface area contributed by atoms with Crippen LogP contribution in [0.4, 0.5) is 0 Å². The SMILES string of the molecule is O=C([C@@H]1CCN(Cc2ccccc2)C[C@H]1c1ccccc1)N1CCC(O)(CN2C=c3ccsc3=NC2)CC1. The van der Waals surface area contributed by atoms with Crippen molar-refractivity contribution in [3.63, 3.8) is 0 Å². The van der Waals surface area contributed by atoms with E-state index in [4.69, 9.17) is 0 Å². The number of β-amino-alcohol motifs (C(OH)–C–C–N with tert-alkyl or cyclic N) is 1. The van der Waals surface area contributed by atoms with Crippen LogP contribution in [0.1, 0.15) is 36.3 Å². The summed E-state index contributed by atoms with van der Waals surface area (Å²) in [6.45, 7) is 5.06. The highest BCUT2D eigenvalue weighted by atomic mass is 32.1. The summed E-state index contributed by atoms with van der Waals surface area (Å²) in [5, 5.41) is 14.6. The minimum absolute atomic E-state index is 0.0261. The summed E-state index contributed by atoms with van der Waals surface area (Å²) in [7, 11) is 0. The molecule has 0 bridgehead atoms. The van der Waals surface area contributed by atoms with Gasteiger partial charge in [0.05, 0.1) is 5.60 Å². The lowest BCUT2D eigenvalue weighted by molar-refractivity contribution is -0.142. The number of hydrogen-bond acceptors (Lipinski definition) is 6. The Labute approximate surface area is 228 Å². The Morgan fingerprint density at radius 2 is 1.74 bits per heavy atom. The number of aliphatic hydroxyl groups is 1. The number of hydrogen-bond donors (Lipinski definition) is 1. The van der Waals surface area contributed by atoms with E-state index < -0.39 is 5.60 Å². The molecule has 1 aromatic heterocycles. The third-order valence-corrected chi connectivity index (χ3v) is 9.25. The zero-order valence-electron chi connectivity index (χ0n) is 21.8. The summed E-state index contributed by atoms with van der Waals surface area (Å²) in [5.74, 6) is 0.399. The first-order valence-corrected chi connectivity index (χ1v) is 14.6. The molecule has 2 atom stereocenters. The molecule has 0 radical (unpaired) electrons. The highest BCUT2D eigenvalue weighted by Crippen LogP contribution is 2.36. The van der Waals surface area contributed by atoms with Gasteiger partial charge in [-0.2, -0.15) is 0 Å². The highest BCUT2D eigenvalue weighted by Gasteiger charge is 2.41. The zero-order chi connectivity index (χ0) is 26.0. The second kappa shape index (κ2) is 11.0. The normalized spacial score (nSPS) is 23.3.